The lowest BCUT2D eigenvalue weighted by molar-refractivity contribution is -0.110. The summed E-state index contributed by atoms with van der Waals surface area (Å²) in [6.07, 6.45) is 3.80. The molecular formula is C19H29NO4. The van der Waals surface area contributed by atoms with E-state index in [1.807, 2.05) is 6.07 Å². The highest BCUT2D eigenvalue weighted by Crippen LogP contribution is 2.53. The minimum Gasteiger partial charge on any atom is -0.493 e. The summed E-state index contributed by atoms with van der Waals surface area (Å²) in [5.41, 5.74) is 1.21. The summed E-state index contributed by atoms with van der Waals surface area (Å²) < 4.78 is 16.4. The molecule has 0 spiro atoms. The first kappa shape index (κ1) is 18.6. The van der Waals surface area contributed by atoms with Gasteiger partial charge in [-0.15, -0.1) is 0 Å². The Morgan fingerprint density at radius 3 is 2.50 bits per heavy atom. The summed E-state index contributed by atoms with van der Waals surface area (Å²) in [5.74, 6) is 1.85. The molecule has 24 heavy (non-hydrogen) atoms. The fraction of sp³-hybridized carbons (Fsp3) is 0.632. The molecule has 5 nitrogen and oxygen atoms in total. The summed E-state index contributed by atoms with van der Waals surface area (Å²) in [6.45, 7) is 5.55. The minimum absolute atomic E-state index is 0.00594. The number of carbonyl (C=O) groups is 1. The average Bonchev–Trinajstić information content (AvgIpc) is 3.37. The van der Waals surface area contributed by atoms with Gasteiger partial charge in [-0.3, -0.25) is 4.79 Å². The molecule has 2 rings (SSSR count). The Balaban J connectivity index is 2.22. The number of amides is 1. The number of ether oxygens (including phenoxy) is 3. The molecule has 1 aromatic carbocycles. The van der Waals surface area contributed by atoms with Crippen molar-refractivity contribution in [1.82, 2.24) is 5.32 Å². The van der Waals surface area contributed by atoms with Gasteiger partial charge >= 0.3 is 0 Å². The van der Waals surface area contributed by atoms with E-state index in [9.17, 15) is 4.79 Å². The molecular weight excluding hydrogens is 306 g/mol. The van der Waals surface area contributed by atoms with Crippen LogP contribution in [0.3, 0.4) is 0 Å². The molecule has 0 bridgehead atoms. The number of carbonyl (C=O) groups excluding carboxylic acids is 1. The van der Waals surface area contributed by atoms with Gasteiger partial charge in [0, 0.05) is 31.6 Å². The Morgan fingerprint density at radius 2 is 1.96 bits per heavy atom. The van der Waals surface area contributed by atoms with Crippen LogP contribution in [0.5, 0.6) is 11.5 Å². The SMILES string of the molecule is COCCCOc1cc(C2(C(NC=O)C(C)C)CC2)ccc1OC. The van der Waals surface area contributed by atoms with E-state index >= 15 is 0 Å². The van der Waals surface area contributed by atoms with Gasteiger partial charge < -0.3 is 19.5 Å². The summed E-state index contributed by atoms with van der Waals surface area (Å²) >= 11 is 0. The van der Waals surface area contributed by atoms with E-state index in [2.05, 4.69) is 31.3 Å². The Morgan fingerprint density at radius 1 is 1.21 bits per heavy atom. The maximum absolute atomic E-state index is 11.0. The van der Waals surface area contributed by atoms with E-state index in [0.717, 1.165) is 37.2 Å². The third-order valence-electron chi connectivity index (χ3n) is 4.79. The lowest BCUT2D eigenvalue weighted by Gasteiger charge is -2.30. The molecule has 0 aromatic heterocycles. The van der Waals surface area contributed by atoms with Crippen LogP contribution in [0.4, 0.5) is 0 Å². The minimum atomic E-state index is 0.00594. The molecule has 1 aliphatic carbocycles. The molecule has 0 saturated heterocycles. The average molecular weight is 335 g/mol. The van der Waals surface area contributed by atoms with Gasteiger partial charge in [-0.05, 0) is 36.5 Å². The van der Waals surface area contributed by atoms with Crippen molar-refractivity contribution >= 4 is 6.41 Å². The van der Waals surface area contributed by atoms with Crippen LogP contribution in [0.15, 0.2) is 18.2 Å². The predicted octanol–water partition coefficient (Wildman–Crippen LogP) is 2.91. The molecule has 0 radical (unpaired) electrons. The molecule has 1 saturated carbocycles. The normalized spacial score (nSPS) is 16.5. The van der Waals surface area contributed by atoms with Gasteiger partial charge in [-0.2, -0.15) is 0 Å². The largest absolute Gasteiger partial charge is 0.493 e. The van der Waals surface area contributed by atoms with Gasteiger partial charge in [-0.1, -0.05) is 19.9 Å². The third kappa shape index (κ3) is 4.01. The van der Waals surface area contributed by atoms with Crippen LogP contribution in [0, 0.1) is 5.92 Å². The topological polar surface area (TPSA) is 56.8 Å². The number of hydrogen-bond acceptors (Lipinski definition) is 4. The second kappa shape index (κ2) is 8.38. The van der Waals surface area contributed by atoms with Crippen LogP contribution in [0.2, 0.25) is 0 Å². The van der Waals surface area contributed by atoms with Crippen molar-refractivity contribution in [3.63, 3.8) is 0 Å². The molecule has 134 valence electrons. The van der Waals surface area contributed by atoms with E-state index < -0.39 is 0 Å². The van der Waals surface area contributed by atoms with E-state index in [1.54, 1.807) is 14.2 Å². The molecule has 5 heteroatoms. The number of hydrogen-bond donors (Lipinski definition) is 1. The zero-order chi connectivity index (χ0) is 17.6. The summed E-state index contributed by atoms with van der Waals surface area (Å²) in [6, 6.07) is 6.25. The molecule has 0 heterocycles. The standard InChI is InChI=1S/C19H29NO4/c1-14(2)18(20-13-21)19(8-9-19)15-6-7-16(23-4)17(12-15)24-11-5-10-22-3/h6-7,12-14,18H,5,8-11H2,1-4H3,(H,20,21). The number of nitrogens with one attached hydrogen (secondary N) is 1. The second-order valence-electron chi connectivity index (χ2n) is 6.72. The summed E-state index contributed by atoms with van der Waals surface area (Å²) in [4.78, 5) is 11.0. The van der Waals surface area contributed by atoms with E-state index in [1.165, 1.54) is 5.56 Å². The van der Waals surface area contributed by atoms with Crippen LogP contribution in [0.25, 0.3) is 0 Å². The fourth-order valence-electron chi connectivity index (χ4n) is 3.46. The molecule has 1 atom stereocenters. The van der Waals surface area contributed by atoms with Crippen LogP contribution in [0.1, 0.15) is 38.7 Å². The van der Waals surface area contributed by atoms with Crippen molar-refractivity contribution in [3.05, 3.63) is 23.8 Å². The van der Waals surface area contributed by atoms with Crippen LogP contribution >= 0.6 is 0 Å². The lowest BCUT2D eigenvalue weighted by Crippen LogP contribution is -2.43. The van der Waals surface area contributed by atoms with E-state index in [-0.39, 0.29) is 11.5 Å². The highest BCUT2D eigenvalue weighted by molar-refractivity contribution is 5.51. The van der Waals surface area contributed by atoms with Crippen molar-refractivity contribution in [1.29, 1.82) is 0 Å². The van der Waals surface area contributed by atoms with Gasteiger partial charge in [0.2, 0.25) is 6.41 Å². The lowest BCUT2D eigenvalue weighted by atomic mass is 9.82. The van der Waals surface area contributed by atoms with Crippen LogP contribution < -0.4 is 14.8 Å². The zero-order valence-corrected chi connectivity index (χ0v) is 15.1. The van der Waals surface area contributed by atoms with Crippen LogP contribution in [-0.2, 0) is 14.9 Å². The summed E-state index contributed by atoms with van der Waals surface area (Å²) in [5, 5.41) is 3.02. The maximum Gasteiger partial charge on any atom is 0.207 e. The van der Waals surface area contributed by atoms with Crippen molar-refractivity contribution in [2.24, 2.45) is 5.92 Å². The number of benzene rings is 1. The Kier molecular flexibility index (Phi) is 6.49. The zero-order valence-electron chi connectivity index (χ0n) is 15.1. The highest BCUT2D eigenvalue weighted by atomic mass is 16.5. The van der Waals surface area contributed by atoms with Crippen molar-refractivity contribution in [3.8, 4) is 11.5 Å². The molecule has 1 amide bonds. The van der Waals surface area contributed by atoms with E-state index in [4.69, 9.17) is 14.2 Å². The predicted molar refractivity (Wildman–Crippen MR) is 93.7 cm³/mol. The first-order valence-corrected chi connectivity index (χ1v) is 8.59. The Labute approximate surface area is 144 Å². The first-order chi connectivity index (χ1) is 11.6. The van der Waals surface area contributed by atoms with Crippen LogP contribution in [-0.4, -0.2) is 39.9 Å². The van der Waals surface area contributed by atoms with Gasteiger partial charge in [0.1, 0.15) is 0 Å². The first-order valence-electron chi connectivity index (χ1n) is 8.59. The van der Waals surface area contributed by atoms with Crippen molar-refractivity contribution in [2.45, 2.75) is 44.6 Å². The van der Waals surface area contributed by atoms with Gasteiger partial charge in [0.15, 0.2) is 11.5 Å². The summed E-state index contributed by atoms with van der Waals surface area (Å²) in [7, 11) is 3.33. The maximum atomic E-state index is 11.0. The van der Waals surface area contributed by atoms with Gasteiger partial charge in [0.05, 0.1) is 13.7 Å². The second-order valence-corrected chi connectivity index (χ2v) is 6.72. The Hall–Kier alpha value is -1.75. The molecule has 1 aromatic rings. The highest BCUT2D eigenvalue weighted by Gasteiger charge is 2.51. The molecule has 1 N–H and O–H groups in total. The van der Waals surface area contributed by atoms with Gasteiger partial charge in [-0.25, -0.2) is 0 Å². The quantitative estimate of drug-likeness (QED) is 0.499. The Bertz CT molecular complexity index is 540. The number of methoxy groups -OCH3 is 2. The number of rotatable bonds is 11. The van der Waals surface area contributed by atoms with Crippen molar-refractivity contribution < 1.29 is 19.0 Å². The van der Waals surface area contributed by atoms with Crippen molar-refractivity contribution in [2.75, 3.05) is 27.4 Å². The molecule has 1 unspecified atom stereocenters. The molecule has 1 aliphatic rings. The van der Waals surface area contributed by atoms with E-state index in [0.29, 0.717) is 19.1 Å². The smallest absolute Gasteiger partial charge is 0.207 e. The fourth-order valence-corrected chi connectivity index (χ4v) is 3.46. The van der Waals surface area contributed by atoms with Gasteiger partial charge in [0.25, 0.3) is 0 Å². The molecule has 1 fully saturated rings. The molecule has 0 aliphatic heterocycles. The monoisotopic (exact) mass is 335 g/mol. The third-order valence-corrected chi connectivity index (χ3v) is 4.79.